The van der Waals surface area contributed by atoms with Gasteiger partial charge in [0, 0.05) is 38.8 Å². The van der Waals surface area contributed by atoms with Crippen LogP contribution in [0.1, 0.15) is 23.6 Å². The third kappa shape index (κ3) is 4.96. The average molecular weight is 716 g/mol. The van der Waals surface area contributed by atoms with Crippen LogP contribution in [-0.4, -0.2) is 0 Å². The highest BCUT2D eigenvalue weighted by Crippen LogP contribution is 2.55. The van der Waals surface area contributed by atoms with Crippen LogP contribution in [0.3, 0.4) is 0 Å². The first-order chi connectivity index (χ1) is 27.6. The van der Waals surface area contributed by atoms with Gasteiger partial charge < -0.3 is 9.32 Å². The molecule has 0 unspecified atom stereocenters. The fraction of sp³-hybridized carbons (Fsp3) is 0.0370. The van der Waals surface area contributed by atoms with Gasteiger partial charge in [0.25, 0.3) is 0 Å². The molecular weight excluding hydrogens is 679 g/mol. The van der Waals surface area contributed by atoms with E-state index in [-0.39, 0.29) is 0 Å². The molecule has 1 aromatic heterocycles. The van der Waals surface area contributed by atoms with Crippen LogP contribution in [0.15, 0.2) is 211 Å². The molecule has 1 aliphatic rings. The van der Waals surface area contributed by atoms with Crippen LogP contribution < -0.4 is 4.90 Å². The molecule has 0 radical (unpaired) electrons. The Labute approximate surface area is 326 Å². The lowest BCUT2D eigenvalue weighted by molar-refractivity contribution is 0.638. The van der Waals surface area contributed by atoms with Gasteiger partial charge in [-0.3, -0.25) is 0 Å². The van der Waals surface area contributed by atoms with Crippen molar-refractivity contribution >= 4 is 49.8 Å². The number of nitrogens with zero attached hydrogens (tertiary/aromatic N) is 1. The normalized spacial score (nSPS) is 12.9. The van der Waals surface area contributed by atoms with Gasteiger partial charge in [0.2, 0.25) is 0 Å². The van der Waals surface area contributed by atoms with Gasteiger partial charge in [-0.1, -0.05) is 164 Å². The van der Waals surface area contributed by atoms with E-state index in [1.807, 2.05) is 0 Å². The minimum Gasteiger partial charge on any atom is -0.456 e. The zero-order chi connectivity index (χ0) is 37.2. The Morgan fingerprint density at radius 1 is 0.375 bits per heavy atom. The van der Waals surface area contributed by atoms with Crippen molar-refractivity contribution in [2.45, 2.75) is 12.3 Å². The number of hydrogen-bond acceptors (Lipinski definition) is 2. The molecule has 264 valence electrons. The summed E-state index contributed by atoms with van der Waals surface area (Å²) in [6, 6.07) is 74.7. The SMILES string of the molecule is CC1(c2cc(N(c3ccc(-c4ccccc4)cc3)c3ccc(-c4cccc5ccccc45)cc3)cc3c2oc2ccccc23)c2ccccc2-c2ccccc21. The van der Waals surface area contributed by atoms with Crippen LogP contribution in [-0.2, 0) is 5.41 Å². The van der Waals surface area contributed by atoms with E-state index in [1.54, 1.807) is 0 Å². The van der Waals surface area contributed by atoms with Gasteiger partial charge in [-0.15, -0.1) is 0 Å². The van der Waals surface area contributed by atoms with Gasteiger partial charge in [-0.25, -0.2) is 0 Å². The number of furan rings is 1. The van der Waals surface area contributed by atoms with Crippen LogP contribution in [0.4, 0.5) is 17.1 Å². The van der Waals surface area contributed by atoms with Crippen molar-refractivity contribution in [3.8, 4) is 33.4 Å². The summed E-state index contributed by atoms with van der Waals surface area (Å²) in [5.41, 5.74) is 15.7. The Morgan fingerprint density at radius 3 is 1.62 bits per heavy atom. The third-order valence-corrected chi connectivity index (χ3v) is 11.9. The molecule has 2 nitrogen and oxygen atoms in total. The Hall–Kier alpha value is -7.16. The van der Waals surface area contributed by atoms with Gasteiger partial charge in [0.05, 0.1) is 0 Å². The molecule has 0 fully saturated rings. The van der Waals surface area contributed by atoms with E-state index in [0.717, 1.165) is 44.6 Å². The van der Waals surface area contributed by atoms with E-state index in [0.29, 0.717) is 0 Å². The number of hydrogen-bond donors (Lipinski definition) is 0. The van der Waals surface area contributed by atoms with E-state index in [9.17, 15) is 0 Å². The number of anilines is 3. The largest absolute Gasteiger partial charge is 0.456 e. The molecule has 2 heteroatoms. The second-order valence-corrected chi connectivity index (χ2v) is 15.0. The summed E-state index contributed by atoms with van der Waals surface area (Å²) in [5.74, 6) is 0. The van der Waals surface area contributed by atoms with Crippen molar-refractivity contribution in [2.75, 3.05) is 4.90 Å². The van der Waals surface area contributed by atoms with Crippen LogP contribution in [0.5, 0.6) is 0 Å². The molecule has 0 amide bonds. The quantitative estimate of drug-likeness (QED) is 0.170. The van der Waals surface area contributed by atoms with Crippen molar-refractivity contribution in [2.24, 2.45) is 0 Å². The predicted octanol–water partition coefficient (Wildman–Crippen LogP) is 14.9. The molecule has 1 heterocycles. The van der Waals surface area contributed by atoms with E-state index < -0.39 is 5.41 Å². The van der Waals surface area contributed by atoms with Crippen LogP contribution in [0, 0.1) is 0 Å². The van der Waals surface area contributed by atoms with Gasteiger partial charge in [-0.2, -0.15) is 0 Å². The molecule has 0 atom stereocenters. The standard InChI is InChI=1S/C54H37NO/c1-54(49-23-10-7-19-45(49)46-20-8-11-24-50(46)54)51-35-42(34-48-47-21-9-12-25-52(47)56-53(48)51)55(40-30-26-37(27-31-40)36-14-3-2-4-15-36)41-32-28-39(29-33-41)44-22-13-17-38-16-5-6-18-43(38)44/h2-35H,1H3. The lowest BCUT2D eigenvalue weighted by atomic mass is 9.73. The highest BCUT2D eigenvalue weighted by molar-refractivity contribution is 6.09. The summed E-state index contributed by atoms with van der Waals surface area (Å²) < 4.78 is 6.88. The monoisotopic (exact) mass is 715 g/mol. The van der Waals surface area contributed by atoms with Gasteiger partial charge >= 0.3 is 0 Å². The minimum absolute atomic E-state index is 0.462. The van der Waals surface area contributed by atoms with Crippen LogP contribution >= 0.6 is 0 Å². The van der Waals surface area contributed by atoms with Crippen molar-refractivity contribution in [1.29, 1.82) is 0 Å². The minimum atomic E-state index is -0.462. The fourth-order valence-corrected chi connectivity index (χ4v) is 9.20. The number of para-hydroxylation sites is 1. The van der Waals surface area contributed by atoms with Crippen molar-refractivity contribution < 1.29 is 4.42 Å². The van der Waals surface area contributed by atoms with Gasteiger partial charge in [0.15, 0.2) is 0 Å². The zero-order valence-corrected chi connectivity index (χ0v) is 31.0. The molecule has 56 heavy (non-hydrogen) atoms. The third-order valence-electron chi connectivity index (χ3n) is 11.9. The van der Waals surface area contributed by atoms with Gasteiger partial charge in [0.1, 0.15) is 11.2 Å². The first-order valence-corrected chi connectivity index (χ1v) is 19.3. The Kier molecular flexibility index (Phi) is 7.33. The summed E-state index contributed by atoms with van der Waals surface area (Å²) in [6.45, 7) is 2.38. The summed E-state index contributed by atoms with van der Waals surface area (Å²) in [7, 11) is 0. The molecular formula is C54H37NO. The Bertz CT molecular complexity index is 3030. The average Bonchev–Trinajstić information content (AvgIpc) is 3.77. The summed E-state index contributed by atoms with van der Waals surface area (Å²) in [4.78, 5) is 2.41. The second kappa shape index (κ2) is 12.7. The number of rotatable bonds is 6. The summed E-state index contributed by atoms with van der Waals surface area (Å²) in [5, 5.41) is 4.71. The van der Waals surface area contributed by atoms with Crippen molar-refractivity contribution in [3.63, 3.8) is 0 Å². The van der Waals surface area contributed by atoms with E-state index in [1.165, 1.54) is 55.3 Å². The second-order valence-electron chi connectivity index (χ2n) is 15.0. The molecule has 0 spiro atoms. The topological polar surface area (TPSA) is 16.4 Å². The highest BCUT2D eigenvalue weighted by atomic mass is 16.3. The molecule has 9 aromatic carbocycles. The first kappa shape index (κ1) is 32.3. The molecule has 0 saturated heterocycles. The van der Waals surface area contributed by atoms with E-state index in [4.69, 9.17) is 4.42 Å². The lowest BCUT2D eigenvalue weighted by Gasteiger charge is -2.31. The molecule has 1 aliphatic carbocycles. The Balaban J connectivity index is 1.15. The number of benzene rings is 9. The van der Waals surface area contributed by atoms with Crippen molar-refractivity contribution in [1.82, 2.24) is 0 Å². The summed E-state index contributed by atoms with van der Waals surface area (Å²) >= 11 is 0. The van der Waals surface area contributed by atoms with Gasteiger partial charge in [-0.05, 0) is 105 Å². The first-order valence-electron chi connectivity index (χ1n) is 19.3. The summed E-state index contributed by atoms with van der Waals surface area (Å²) in [6.07, 6.45) is 0. The van der Waals surface area contributed by atoms with Crippen LogP contribution in [0.25, 0.3) is 66.1 Å². The molecule has 0 bridgehead atoms. The van der Waals surface area contributed by atoms with Crippen LogP contribution in [0.2, 0.25) is 0 Å². The fourth-order valence-electron chi connectivity index (χ4n) is 9.20. The maximum absolute atomic E-state index is 6.88. The molecule has 10 aromatic rings. The van der Waals surface area contributed by atoms with E-state index in [2.05, 4.69) is 218 Å². The smallest absolute Gasteiger partial charge is 0.140 e. The lowest BCUT2D eigenvalue weighted by Crippen LogP contribution is -2.23. The zero-order valence-electron chi connectivity index (χ0n) is 31.0. The maximum atomic E-state index is 6.88. The van der Waals surface area contributed by atoms with Crippen molar-refractivity contribution in [3.05, 3.63) is 223 Å². The predicted molar refractivity (Wildman–Crippen MR) is 234 cm³/mol. The number of fused-ring (bicyclic) bond motifs is 7. The molecule has 11 rings (SSSR count). The molecule has 0 N–H and O–H groups in total. The maximum Gasteiger partial charge on any atom is 0.140 e. The van der Waals surface area contributed by atoms with E-state index >= 15 is 0 Å². The Morgan fingerprint density at radius 2 is 0.911 bits per heavy atom. The highest BCUT2D eigenvalue weighted by Gasteiger charge is 2.43. The molecule has 0 saturated carbocycles. The molecule has 0 aliphatic heterocycles.